The Morgan fingerprint density at radius 3 is 2.07 bits per heavy atom. The fourth-order valence-electron chi connectivity index (χ4n) is 0.256. The average Bonchev–Trinajstić information content (AvgIpc) is 2.20. The van der Waals surface area contributed by atoms with Gasteiger partial charge in [-0.2, -0.15) is 15.4 Å². The molecule has 0 atom stereocenters. The molecule has 0 aliphatic rings. The molecule has 0 unspecified atom stereocenters. The molecule has 0 aromatic carbocycles. The van der Waals surface area contributed by atoms with Crippen molar-refractivity contribution in [1.29, 1.82) is 10.5 Å². The van der Waals surface area contributed by atoms with Gasteiger partial charge in [0.25, 0.3) is 0 Å². The van der Waals surface area contributed by atoms with Crippen LogP contribution >= 0.6 is 0 Å². The Labute approximate surface area is 88.0 Å². The zero-order valence-corrected chi connectivity index (χ0v) is 8.65. The number of hydrogen-bond acceptors (Lipinski definition) is 6. The minimum atomic E-state index is -0.449. The van der Waals surface area contributed by atoms with Crippen LogP contribution in [0, 0.1) is 27.8 Å². The summed E-state index contributed by atoms with van der Waals surface area (Å²) in [4.78, 5) is 19.1. The van der Waals surface area contributed by atoms with Gasteiger partial charge in [0, 0.05) is 6.54 Å². The molecule has 0 radical (unpaired) electrons. The largest absolute Gasteiger partial charge is 0.338 e. The Bertz CT molecular complexity index is 229. The number of amides is 2. The van der Waals surface area contributed by atoms with E-state index >= 15 is 0 Å². The number of nitrogens with zero attached hydrogens (tertiary/aromatic N) is 3. The first-order valence-electron chi connectivity index (χ1n) is 3.96. The van der Waals surface area contributed by atoms with Gasteiger partial charge < -0.3 is 11.1 Å². The van der Waals surface area contributed by atoms with E-state index in [1.165, 1.54) is 12.4 Å². The van der Waals surface area contributed by atoms with Crippen LogP contribution in [0.25, 0.3) is 0 Å². The van der Waals surface area contributed by atoms with Crippen molar-refractivity contribution in [3.63, 3.8) is 0 Å². The highest BCUT2D eigenvalue weighted by Crippen LogP contribution is 1.58. The summed E-state index contributed by atoms with van der Waals surface area (Å²) in [5.74, 6) is 0. The van der Waals surface area contributed by atoms with Gasteiger partial charge in [-0.25, -0.2) is 10.1 Å². The minimum absolute atomic E-state index is 0.389. The average molecular weight is 214 g/mol. The summed E-state index contributed by atoms with van der Waals surface area (Å²) in [6.45, 7) is 4.40. The second-order valence-corrected chi connectivity index (χ2v) is 1.67. The quantitative estimate of drug-likeness (QED) is 0.336. The molecular formula is C7H14N6O2. The zero-order valence-electron chi connectivity index (χ0n) is 8.65. The summed E-state index contributed by atoms with van der Waals surface area (Å²) in [6, 6.07) is -0.449. The Morgan fingerprint density at radius 1 is 1.47 bits per heavy atom. The van der Waals surface area contributed by atoms with Gasteiger partial charge in [-0.1, -0.05) is 5.18 Å². The molecule has 0 aromatic heterocycles. The van der Waals surface area contributed by atoms with Crippen LogP contribution in [0.3, 0.4) is 0 Å². The molecule has 84 valence electrons. The van der Waals surface area contributed by atoms with Crippen molar-refractivity contribution in [2.75, 3.05) is 13.1 Å². The van der Waals surface area contributed by atoms with Gasteiger partial charge >= 0.3 is 6.03 Å². The lowest BCUT2D eigenvalue weighted by Crippen LogP contribution is -2.31. The molecule has 0 heterocycles. The SMILES string of the molecule is CCN=O.CCNC(=O)NC#N.N#CN. The molecule has 0 rings (SSSR count). The topological polar surface area (TPSA) is 144 Å². The van der Waals surface area contributed by atoms with Crippen molar-refractivity contribution in [3.8, 4) is 12.4 Å². The molecule has 8 heteroatoms. The predicted molar refractivity (Wildman–Crippen MR) is 54.0 cm³/mol. The maximum Gasteiger partial charge on any atom is 0.327 e. The molecule has 8 nitrogen and oxygen atoms in total. The summed E-state index contributed by atoms with van der Waals surface area (Å²) in [5, 5.41) is 21.7. The molecule has 0 fully saturated rings. The first-order chi connectivity index (χ1) is 7.14. The number of rotatable bonds is 2. The van der Waals surface area contributed by atoms with E-state index < -0.39 is 6.03 Å². The zero-order chi connectivity index (χ0) is 12.5. The molecule has 0 saturated carbocycles. The highest BCUT2D eigenvalue weighted by atomic mass is 16.3. The highest BCUT2D eigenvalue weighted by Gasteiger charge is 1.90. The highest BCUT2D eigenvalue weighted by molar-refractivity contribution is 5.75. The fraction of sp³-hybridized carbons (Fsp3) is 0.571. The number of urea groups is 1. The van der Waals surface area contributed by atoms with Crippen molar-refractivity contribution in [2.24, 2.45) is 10.9 Å². The Kier molecular flexibility index (Phi) is 27.8. The van der Waals surface area contributed by atoms with E-state index in [0.717, 1.165) is 0 Å². The molecule has 0 aromatic rings. The number of carbonyl (C=O) groups is 1. The van der Waals surface area contributed by atoms with Crippen LogP contribution < -0.4 is 16.4 Å². The van der Waals surface area contributed by atoms with Crippen LogP contribution in [0.1, 0.15) is 13.8 Å². The summed E-state index contributed by atoms with van der Waals surface area (Å²) >= 11 is 0. The number of nitrogens with two attached hydrogens (primary N) is 1. The first-order valence-corrected chi connectivity index (χ1v) is 3.96. The number of nitroso groups, excluding NO2 is 1. The van der Waals surface area contributed by atoms with Crippen LogP contribution in [0.5, 0.6) is 0 Å². The van der Waals surface area contributed by atoms with E-state index in [0.29, 0.717) is 13.1 Å². The molecule has 0 bridgehead atoms. The number of hydrogen-bond donors (Lipinski definition) is 3. The van der Waals surface area contributed by atoms with Crippen LogP contribution in [0.4, 0.5) is 4.79 Å². The Hall–Kier alpha value is -2.35. The minimum Gasteiger partial charge on any atom is -0.338 e. The van der Waals surface area contributed by atoms with Crippen LogP contribution in [0.15, 0.2) is 5.18 Å². The normalized spacial score (nSPS) is 5.87. The summed E-state index contributed by atoms with van der Waals surface area (Å²) in [5.41, 5.74) is 4.15. The van der Waals surface area contributed by atoms with E-state index in [2.05, 4.69) is 16.2 Å². The molecule has 0 aliphatic heterocycles. The third kappa shape index (κ3) is 50.2. The van der Waals surface area contributed by atoms with Crippen molar-refractivity contribution < 1.29 is 4.79 Å². The lowest BCUT2D eigenvalue weighted by molar-refractivity contribution is 0.245. The summed E-state index contributed by atoms with van der Waals surface area (Å²) in [7, 11) is 0. The van der Waals surface area contributed by atoms with Crippen molar-refractivity contribution >= 4 is 6.03 Å². The molecule has 2 amide bonds. The number of nitriles is 2. The first kappa shape index (κ1) is 18.4. The van der Waals surface area contributed by atoms with Crippen molar-refractivity contribution in [2.45, 2.75) is 13.8 Å². The van der Waals surface area contributed by atoms with Gasteiger partial charge in [-0.3, -0.25) is 0 Å². The second-order valence-electron chi connectivity index (χ2n) is 1.67. The van der Waals surface area contributed by atoms with Crippen LogP contribution in [0.2, 0.25) is 0 Å². The standard InChI is InChI=1S/C4H7N3O.C2H5NO.CH2N2/c1-2-6-4(8)7-3-5;1-2-3-4;2-1-3/h2H2,1H3,(H2,6,7,8);2H2,1H3;2H2. The van der Waals surface area contributed by atoms with E-state index in [1.807, 2.05) is 5.32 Å². The van der Waals surface area contributed by atoms with Crippen LogP contribution in [-0.4, -0.2) is 19.1 Å². The predicted octanol–water partition coefficient (Wildman–Crippen LogP) is -0.0145. The van der Waals surface area contributed by atoms with E-state index in [4.69, 9.17) is 15.4 Å². The molecule has 4 N–H and O–H groups in total. The van der Waals surface area contributed by atoms with Gasteiger partial charge in [-0.05, 0) is 13.8 Å². The van der Waals surface area contributed by atoms with E-state index in [-0.39, 0.29) is 0 Å². The van der Waals surface area contributed by atoms with Gasteiger partial charge in [0.05, 0.1) is 6.54 Å². The smallest absolute Gasteiger partial charge is 0.327 e. The summed E-state index contributed by atoms with van der Waals surface area (Å²) < 4.78 is 0. The van der Waals surface area contributed by atoms with Gasteiger partial charge in [0.2, 0.25) is 0 Å². The van der Waals surface area contributed by atoms with E-state index in [1.54, 1.807) is 13.8 Å². The third-order valence-electron chi connectivity index (χ3n) is 0.636. The molecule has 0 saturated heterocycles. The lowest BCUT2D eigenvalue weighted by Gasteiger charge is -1.94. The Balaban J connectivity index is -0.000000173. The summed E-state index contributed by atoms with van der Waals surface area (Å²) in [6.07, 6.45) is 2.74. The van der Waals surface area contributed by atoms with Gasteiger partial charge in [0.1, 0.15) is 0 Å². The van der Waals surface area contributed by atoms with Crippen molar-refractivity contribution in [3.05, 3.63) is 4.91 Å². The number of carbonyl (C=O) groups excluding carboxylic acids is 1. The molecule has 0 aliphatic carbocycles. The lowest BCUT2D eigenvalue weighted by atomic mass is 10.7. The second kappa shape index (κ2) is 22.6. The fourth-order valence-corrected chi connectivity index (χ4v) is 0.256. The van der Waals surface area contributed by atoms with Crippen LogP contribution in [-0.2, 0) is 0 Å². The molecule has 0 spiro atoms. The maximum atomic E-state index is 10.2. The van der Waals surface area contributed by atoms with E-state index in [9.17, 15) is 4.79 Å². The maximum absolute atomic E-state index is 10.2. The number of nitrogens with one attached hydrogen (secondary N) is 2. The third-order valence-corrected chi connectivity index (χ3v) is 0.636. The monoisotopic (exact) mass is 214 g/mol. The molecule has 15 heavy (non-hydrogen) atoms. The van der Waals surface area contributed by atoms with Crippen molar-refractivity contribution in [1.82, 2.24) is 10.6 Å². The molecular weight excluding hydrogens is 200 g/mol. The van der Waals surface area contributed by atoms with Gasteiger partial charge in [0.15, 0.2) is 12.4 Å². The van der Waals surface area contributed by atoms with Gasteiger partial charge in [-0.15, -0.1) is 0 Å². The Morgan fingerprint density at radius 2 is 1.87 bits per heavy atom.